The van der Waals surface area contributed by atoms with Crippen LogP contribution < -0.4 is 5.32 Å². The third kappa shape index (κ3) is 3.83. The highest BCUT2D eigenvalue weighted by Crippen LogP contribution is 2.35. The molecule has 1 aliphatic rings. The van der Waals surface area contributed by atoms with Gasteiger partial charge in [-0.2, -0.15) is 0 Å². The molecule has 1 aromatic carbocycles. The highest BCUT2D eigenvalue weighted by atomic mass is 16.3. The summed E-state index contributed by atoms with van der Waals surface area (Å²) in [6, 6.07) is 8.82. The zero-order valence-corrected chi connectivity index (χ0v) is 13.3. The Morgan fingerprint density at radius 1 is 1.30 bits per heavy atom. The van der Waals surface area contributed by atoms with Crippen molar-refractivity contribution in [2.45, 2.75) is 65.1 Å². The lowest BCUT2D eigenvalue weighted by Gasteiger charge is -2.42. The fourth-order valence-electron chi connectivity index (χ4n) is 3.18. The largest absolute Gasteiger partial charge is 0.389 e. The normalized spacial score (nSPS) is 30.7. The third-order valence-corrected chi connectivity index (χ3v) is 4.93. The van der Waals surface area contributed by atoms with Crippen LogP contribution in [-0.2, 0) is 6.54 Å². The third-order valence-electron chi connectivity index (χ3n) is 4.93. The summed E-state index contributed by atoms with van der Waals surface area (Å²) in [4.78, 5) is 0. The van der Waals surface area contributed by atoms with Crippen molar-refractivity contribution < 1.29 is 5.11 Å². The number of nitrogens with one attached hydrogen (secondary N) is 1. The lowest BCUT2D eigenvalue weighted by atomic mass is 9.72. The average Bonchev–Trinajstić information content (AvgIpc) is 2.38. The molecule has 1 fully saturated rings. The Hall–Kier alpha value is -0.860. The Kier molecular flexibility index (Phi) is 4.87. The monoisotopic (exact) mass is 275 g/mol. The summed E-state index contributed by atoms with van der Waals surface area (Å²) in [6.45, 7) is 9.52. The van der Waals surface area contributed by atoms with Crippen molar-refractivity contribution >= 4 is 0 Å². The van der Waals surface area contributed by atoms with Crippen LogP contribution in [-0.4, -0.2) is 16.7 Å². The molecule has 0 heterocycles. The molecular weight excluding hydrogens is 246 g/mol. The lowest BCUT2D eigenvalue weighted by molar-refractivity contribution is -0.0309. The standard InChI is InChI=1S/C18H29NO/c1-13(2)16-9-10-18(4,20)17(11-16)19-12-15-7-5-14(3)6-8-15/h5-8,13,16-17,19-20H,9-12H2,1-4H3. The summed E-state index contributed by atoms with van der Waals surface area (Å²) in [5, 5.41) is 14.2. The fourth-order valence-corrected chi connectivity index (χ4v) is 3.18. The Bertz CT molecular complexity index is 422. The fraction of sp³-hybridized carbons (Fsp3) is 0.667. The zero-order chi connectivity index (χ0) is 14.8. The van der Waals surface area contributed by atoms with Crippen LogP contribution in [0.15, 0.2) is 24.3 Å². The molecule has 0 saturated heterocycles. The van der Waals surface area contributed by atoms with E-state index in [4.69, 9.17) is 0 Å². The first kappa shape index (κ1) is 15.5. The summed E-state index contributed by atoms with van der Waals surface area (Å²) in [6.07, 6.45) is 3.13. The first-order valence-corrected chi connectivity index (χ1v) is 7.90. The summed E-state index contributed by atoms with van der Waals surface area (Å²) < 4.78 is 0. The SMILES string of the molecule is Cc1ccc(CNC2CC(C(C)C)CCC2(C)O)cc1. The van der Waals surface area contributed by atoms with E-state index in [9.17, 15) is 5.11 Å². The van der Waals surface area contributed by atoms with Crippen molar-refractivity contribution in [3.63, 3.8) is 0 Å². The minimum Gasteiger partial charge on any atom is -0.389 e. The number of rotatable bonds is 4. The summed E-state index contributed by atoms with van der Waals surface area (Å²) in [5.41, 5.74) is 2.01. The Morgan fingerprint density at radius 2 is 1.95 bits per heavy atom. The molecule has 0 spiro atoms. The van der Waals surface area contributed by atoms with E-state index >= 15 is 0 Å². The molecule has 1 aliphatic carbocycles. The summed E-state index contributed by atoms with van der Waals surface area (Å²) in [7, 11) is 0. The van der Waals surface area contributed by atoms with Crippen LogP contribution >= 0.6 is 0 Å². The van der Waals surface area contributed by atoms with Crippen LogP contribution in [0.1, 0.15) is 51.2 Å². The van der Waals surface area contributed by atoms with E-state index in [0.717, 1.165) is 31.7 Å². The Morgan fingerprint density at radius 3 is 2.55 bits per heavy atom. The van der Waals surface area contributed by atoms with E-state index < -0.39 is 5.60 Å². The quantitative estimate of drug-likeness (QED) is 0.879. The topological polar surface area (TPSA) is 32.3 Å². The second-order valence-corrected chi connectivity index (χ2v) is 7.05. The van der Waals surface area contributed by atoms with Gasteiger partial charge in [0.1, 0.15) is 0 Å². The van der Waals surface area contributed by atoms with E-state index in [1.807, 2.05) is 6.92 Å². The van der Waals surface area contributed by atoms with Gasteiger partial charge in [0.25, 0.3) is 0 Å². The van der Waals surface area contributed by atoms with Gasteiger partial charge in [0.2, 0.25) is 0 Å². The smallest absolute Gasteiger partial charge is 0.0772 e. The van der Waals surface area contributed by atoms with Gasteiger partial charge in [0, 0.05) is 12.6 Å². The predicted molar refractivity (Wildman–Crippen MR) is 84.6 cm³/mol. The zero-order valence-electron chi connectivity index (χ0n) is 13.3. The Labute approximate surface area is 123 Å². The van der Waals surface area contributed by atoms with Crippen molar-refractivity contribution in [3.8, 4) is 0 Å². The summed E-state index contributed by atoms with van der Waals surface area (Å²) in [5.74, 6) is 1.43. The van der Waals surface area contributed by atoms with E-state index in [2.05, 4.69) is 50.4 Å². The van der Waals surface area contributed by atoms with Gasteiger partial charge in [0.15, 0.2) is 0 Å². The first-order chi connectivity index (χ1) is 9.38. The molecule has 0 amide bonds. The van der Waals surface area contributed by atoms with Crippen molar-refractivity contribution in [1.82, 2.24) is 5.32 Å². The van der Waals surface area contributed by atoms with Crippen molar-refractivity contribution in [2.75, 3.05) is 0 Å². The molecule has 2 rings (SSSR count). The molecule has 112 valence electrons. The Balaban J connectivity index is 1.96. The van der Waals surface area contributed by atoms with Gasteiger partial charge in [-0.15, -0.1) is 0 Å². The van der Waals surface area contributed by atoms with E-state index in [0.29, 0.717) is 5.92 Å². The minimum absolute atomic E-state index is 0.199. The molecule has 0 aliphatic heterocycles. The molecule has 2 N–H and O–H groups in total. The lowest BCUT2D eigenvalue weighted by Crippen LogP contribution is -2.52. The summed E-state index contributed by atoms with van der Waals surface area (Å²) >= 11 is 0. The van der Waals surface area contributed by atoms with Crippen LogP contribution in [0.4, 0.5) is 0 Å². The molecule has 3 unspecified atom stereocenters. The number of hydrogen-bond acceptors (Lipinski definition) is 2. The highest BCUT2D eigenvalue weighted by Gasteiger charge is 2.38. The molecule has 1 aromatic rings. The molecule has 20 heavy (non-hydrogen) atoms. The second-order valence-electron chi connectivity index (χ2n) is 7.05. The van der Waals surface area contributed by atoms with Crippen molar-refractivity contribution in [3.05, 3.63) is 35.4 Å². The maximum atomic E-state index is 10.6. The highest BCUT2D eigenvalue weighted by molar-refractivity contribution is 5.21. The van der Waals surface area contributed by atoms with Gasteiger partial charge in [0.05, 0.1) is 5.60 Å². The maximum absolute atomic E-state index is 10.6. The van der Waals surface area contributed by atoms with Crippen LogP contribution in [0.25, 0.3) is 0 Å². The van der Waals surface area contributed by atoms with E-state index in [1.165, 1.54) is 11.1 Å². The molecule has 0 radical (unpaired) electrons. The molecule has 0 aromatic heterocycles. The average molecular weight is 275 g/mol. The van der Waals surface area contributed by atoms with Crippen molar-refractivity contribution in [1.29, 1.82) is 0 Å². The number of benzene rings is 1. The first-order valence-electron chi connectivity index (χ1n) is 7.90. The second kappa shape index (κ2) is 6.28. The van der Waals surface area contributed by atoms with Crippen LogP contribution in [0.5, 0.6) is 0 Å². The molecular formula is C18H29NO. The van der Waals surface area contributed by atoms with Crippen LogP contribution in [0, 0.1) is 18.8 Å². The predicted octanol–water partition coefficient (Wildman–Crippen LogP) is 3.66. The van der Waals surface area contributed by atoms with Crippen LogP contribution in [0.2, 0.25) is 0 Å². The van der Waals surface area contributed by atoms with Gasteiger partial charge in [-0.25, -0.2) is 0 Å². The number of hydrogen-bond donors (Lipinski definition) is 2. The van der Waals surface area contributed by atoms with Gasteiger partial charge < -0.3 is 10.4 Å². The van der Waals surface area contributed by atoms with Gasteiger partial charge in [-0.3, -0.25) is 0 Å². The van der Waals surface area contributed by atoms with Gasteiger partial charge in [-0.05, 0) is 50.5 Å². The number of aliphatic hydroxyl groups is 1. The molecule has 0 bridgehead atoms. The van der Waals surface area contributed by atoms with Gasteiger partial charge in [-0.1, -0.05) is 43.7 Å². The van der Waals surface area contributed by atoms with E-state index in [1.54, 1.807) is 0 Å². The van der Waals surface area contributed by atoms with Crippen molar-refractivity contribution in [2.24, 2.45) is 11.8 Å². The molecule has 2 nitrogen and oxygen atoms in total. The molecule has 2 heteroatoms. The maximum Gasteiger partial charge on any atom is 0.0772 e. The number of aryl methyl sites for hydroxylation is 1. The molecule has 3 atom stereocenters. The van der Waals surface area contributed by atoms with E-state index in [-0.39, 0.29) is 6.04 Å². The molecule has 1 saturated carbocycles. The van der Waals surface area contributed by atoms with Gasteiger partial charge >= 0.3 is 0 Å². The van der Waals surface area contributed by atoms with Crippen LogP contribution in [0.3, 0.4) is 0 Å². The minimum atomic E-state index is -0.573.